The molecule has 2 aliphatic carbocycles. The Bertz CT molecular complexity index is 489. The third-order valence-corrected chi connectivity index (χ3v) is 4.11. The Morgan fingerprint density at radius 3 is 2.58 bits per heavy atom. The van der Waals surface area contributed by atoms with E-state index in [-0.39, 0.29) is 11.4 Å². The number of nitrogens with zero attached hydrogens (tertiary/aromatic N) is 4. The summed E-state index contributed by atoms with van der Waals surface area (Å²) in [5.74, 6) is 1.94. The molecule has 0 radical (unpaired) electrons. The third kappa shape index (κ3) is 2.25. The minimum absolute atomic E-state index is 0.148. The first-order chi connectivity index (χ1) is 9.03. The van der Waals surface area contributed by atoms with Crippen LogP contribution in [-0.2, 0) is 11.3 Å². The lowest BCUT2D eigenvalue weighted by Crippen LogP contribution is -2.46. The molecule has 0 spiro atoms. The Morgan fingerprint density at radius 2 is 2.05 bits per heavy atom. The van der Waals surface area contributed by atoms with Crippen molar-refractivity contribution in [2.75, 3.05) is 21.1 Å². The zero-order valence-corrected chi connectivity index (χ0v) is 11.7. The molecule has 1 heterocycles. The molecule has 0 saturated heterocycles. The van der Waals surface area contributed by atoms with Crippen LogP contribution in [0, 0.1) is 0 Å². The molecule has 1 aromatic heterocycles. The van der Waals surface area contributed by atoms with Crippen LogP contribution in [0.5, 0.6) is 0 Å². The predicted molar refractivity (Wildman–Crippen MR) is 68.4 cm³/mol. The van der Waals surface area contributed by atoms with Crippen LogP contribution in [0.3, 0.4) is 0 Å². The first-order valence-corrected chi connectivity index (χ1v) is 6.78. The van der Waals surface area contributed by atoms with Crippen LogP contribution in [0.15, 0.2) is 4.52 Å². The molecule has 0 aromatic carbocycles. The maximum absolute atomic E-state index is 12.4. The lowest BCUT2D eigenvalue weighted by atomic mass is 10.2. The fraction of sp³-hybridized carbons (Fsp3) is 0.769. The average molecular weight is 264 g/mol. The van der Waals surface area contributed by atoms with Gasteiger partial charge in [-0.25, -0.2) is 0 Å². The highest BCUT2D eigenvalue weighted by Crippen LogP contribution is 2.42. The Balaban J connectivity index is 1.63. The van der Waals surface area contributed by atoms with Crippen LogP contribution >= 0.6 is 0 Å². The molecule has 2 saturated carbocycles. The van der Waals surface area contributed by atoms with E-state index >= 15 is 0 Å². The number of carbonyl (C=O) groups is 1. The molecule has 3 rings (SSSR count). The van der Waals surface area contributed by atoms with Crippen molar-refractivity contribution in [3.63, 3.8) is 0 Å². The van der Waals surface area contributed by atoms with Crippen LogP contribution in [0.1, 0.15) is 43.3 Å². The summed E-state index contributed by atoms with van der Waals surface area (Å²) in [6, 6.07) is 0. The largest absolute Gasteiger partial charge is 0.339 e. The van der Waals surface area contributed by atoms with Gasteiger partial charge in [0.2, 0.25) is 11.8 Å². The quantitative estimate of drug-likeness (QED) is 0.794. The number of carbonyl (C=O) groups excluding carboxylic acids is 1. The number of aromatic nitrogens is 2. The summed E-state index contributed by atoms with van der Waals surface area (Å²) >= 11 is 0. The number of hydrogen-bond acceptors (Lipinski definition) is 5. The van der Waals surface area contributed by atoms with Gasteiger partial charge in [0.05, 0.1) is 6.54 Å². The van der Waals surface area contributed by atoms with Crippen molar-refractivity contribution < 1.29 is 9.32 Å². The smallest absolute Gasteiger partial charge is 0.243 e. The molecule has 6 heteroatoms. The minimum Gasteiger partial charge on any atom is -0.339 e. The summed E-state index contributed by atoms with van der Waals surface area (Å²) in [6.45, 7) is 0.421. The van der Waals surface area contributed by atoms with Gasteiger partial charge in [-0.3, -0.25) is 9.69 Å². The molecule has 6 nitrogen and oxygen atoms in total. The van der Waals surface area contributed by atoms with Gasteiger partial charge in [0.1, 0.15) is 5.54 Å². The average Bonchev–Trinajstić information content (AvgIpc) is 3.28. The summed E-state index contributed by atoms with van der Waals surface area (Å²) in [4.78, 5) is 20.5. The molecule has 104 valence electrons. The fourth-order valence-electron chi connectivity index (χ4n) is 2.44. The van der Waals surface area contributed by atoms with Gasteiger partial charge in [-0.05, 0) is 39.8 Å². The van der Waals surface area contributed by atoms with Gasteiger partial charge in [0.15, 0.2) is 5.82 Å². The van der Waals surface area contributed by atoms with Crippen molar-refractivity contribution in [1.29, 1.82) is 0 Å². The predicted octanol–water partition coefficient (Wildman–Crippen LogP) is 1.000. The van der Waals surface area contributed by atoms with Gasteiger partial charge in [-0.1, -0.05) is 5.16 Å². The van der Waals surface area contributed by atoms with Crippen molar-refractivity contribution in [2.45, 2.75) is 43.7 Å². The molecule has 0 unspecified atom stereocenters. The summed E-state index contributed by atoms with van der Waals surface area (Å²) in [6.07, 6.45) is 4.14. The lowest BCUT2D eigenvalue weighted by molar-refractivity contribution is -0.137. The molecular weight excluding hydrogens is 244 g/mol. The van der Waals surface area contributed by atoms with E-state index in [1.807, 2.05) is 19.0 Å². The summed E-state index contributed by atoms with van der Waals surface area (Å²) in [7, 11) is 5.72. The summed E-state index contributed by atoms with van der Waals surface area (Å²) in [5, 5.41) is 3.95. The van der Waals surface area contributed by atoms with Crippen LogP contribution < -0.4 is 0 Å². The Morgan fingerprint density at radius 1 is 1.37 bits per heavy atom. The Labute approximate surface area is 112 Å². The normalized spacial score (nSPS) is 20.6. The van der Waals surface area contributed by atoms with Gasteiger partial charge in [-0.15, -0.1) is 0 Å². The maximum Gasteiger partial charge on any atom is 0.243 e. The number of hydrogen-bond donors (Lipinski definition) is 0. The van der Waals surface area contributed by atoms with Gasteiger partial charge < -0.3 is 9.42 Å². The molecule has 0 bridgehead atoms. The topological polar surface area (TPSA) is 62.5 Å². The van der Waals surface area contributed by atoms with E-state index in [1.165, 1.54) is 0 Å². The second kappa shape index (κ2) is 4.30. The van der Waals surface area contributed by atoms with Crippen LogP contribution in [0.4, 0.5) is 0 Å². The Hall–Kier alpha value is -1.43. The van der Waals surface area contributed by atoms with E-state index in [0.717, 1.165) is 31.6 Å². The zero-order valence-electron chi connectivity index (χ0n) is 11.7. The third-order valence-electron chi connectivity index (χ3n) is 4.11. The molecular formula is C13H20N4O2. The van der Waals surface area contributed by atoms with Gasteiger partial charge in [0.25, 0.3) is 0 Å². The van der Waals surface area contributed by atoms with Gasteiger partial charge >= 0.3 is 0 Å². The van der Waals surface area contributed by atoms with Crippen molar-refractivity contribution >= 4 is 5.91 Å². The van der Waals surface area contributed by atoms with Crippen molar-refractivity contribution in [3.8, 4) is 0 Å². The first-order valence-electron chi connectivity index (χ1n) is 6.78. The second-order valence-electron chi connectivity index (χ2n) is 5.91. The highest BCUT2D eigenvalue weighted by atomic mass is 16.5. The molecule has 2 aliphatic rings. The first kappa shape index (κ1) is 12.6. The molecule has 0 aliphatic heterocycles. The molecule has 0 atom stereocenters. The zero-order chi connectivity index (χ0) is 13.6. The standard InChI is InChI=1S/C13H20N4O2/c1-16(2)13(6-7-13)12(18)17(3)8-10-14-11(19-15-10)9-4-5-9/h9H,4-8H2,1-3H3. The Kier molecular flexibility index (Phi) is 2.85. The fourth-order valence-corrected chi connectivity index (χ4v) is 2.44. The monoisotopic (exact) mass is 264 g/mol. The molecule has 2 fully saturated rings. The highest BCUT2D eigenvalue weighted by molar-refractivity contribution is 5.89. The van der Waals surface area contributed by atoms with Gasteiger partial charge in [-0.2, -0.15) is 4.98 Å². The van der Waals surface area contributed by atoms with Crippen molar-refractivity contribution in [1.82, 2.24) is 19.9 Å². The minimum atomic E-state index is -0.294. The highest BCUT2D eigenvalue weighted by Gasteiger charge is 2.53. The number of likely N-dealkylation sites (N-methyl/N-ethyl adjacent to an activating group) is 2. The van der Waals surface area contributed by atoms with Gasteiger partial charge in [0, 0.05) is 13.0 Å². The van der Waals surface area contributed by atoms with E-state index in [1.54, 1.807) is 11.9 Å². The van der Waals surface area contributed by atoms with E-state index in [4.69, 9.17) is 4.52 Å². The van der Waals surface area contributed by atoms with E-state index < -0.39 is 0 Å². The van der Waals surface area contributed by atoms with E-state index in [9.17, 15) is 4.79 Å². The van der Waals surface area contributed by atoms with Crippen LogP contribution in [0.2, 0.25) is 0 Å². The molecule has 1 amide bonds. The lowest BCUT2D eigenvalue weighted by Gasteiger charge is -2.27. The van der Waals surface area contributed by atoms with Crippen molar-refractivity contribution in [3.05, 3.63) is 11.7 Å². The van der Waals surface area contributed by atoms with Crippen LogP contribution in [0.25, 0.3) is 0 Å². The number of amides is 1. The summed E-state index contributed by atoms with van der Waals surface area (Å²) in [5.41, 5.74) is -0.294. The molecule has 0 N–H and O–H groups in total. The van der Waals surface area contributed by atoms with E-state index in [2.05, 4.69) is 10.1 Å². The van der Waals surface area contributed by atoms with Crippen molar-refractivity contribution in [2.24, 2.45) is 0 Å². The molecule has 19 heavy (non-hydrogen) atoms. The van der Waals surface area contributed by atoms with Crippen LogP contribution in [-0.4, -0.2) is 52.5 Å². The summed E-state index contributed by atoms with van der Waals surface area (Å²) < 4.78 is 5.21. The SMILES string of the molecule is CN(Cc1noc(C2CC2)n1)C(=O)C1(N(C)C)CC1. The molecule has 1 aromatic rings. The number of rotatable bonds is 5. The van der Waals surface area contributed by atoms with E-state index in [0.29, 0.717) is 18.3 Å². The second-order valence-corrected chi connectivity index (χ2v) is 5.91. The maximum atomic E-state index is 12.4.